The van der Waals surface area contributed by atoms with E-state index < -0.39 is 27.1 Å². The van der Waals surface area contributed by atoms with E-state index in [2.05, 4.69) is 20.8 Å². The molecule has 296 valence electrons. The highest BCUT2D eigenvalue weighted by Crippen LogP contribution is 2.56. The highest BCUT2D eigenvalue weighted by Gasteiger charge is 2.60. The minimum atomic E-state index is -2.90. The number of hydrogen-bond acceptors (Lipinski definition) is 12. The molecule has 0 bridgehead atoms. The summed E-state index contributed by atoms with van der Waals surface area (Å²) in [7, 11) is -1.52. The molecule has 2 aromatic carbocycles. The minimum absolute atomic E-state index is 0.0344. The molecule has 5 heterocycles. The van der Waals surface area contributed by atoms with Gasteiger partial charge in [0.25, 0.3) is 0 Å². The first-order valence-corrected chi connectivity index (χ1v) is 21.1. The average Bonchev–Trinajstić information content (AvgIpc) is 3.49. The number of aromatic hydroxyl groups is 1. The van der Waals surface area contributed by atoms with Crippen LogP contribution in [0.25, 0.3) is 32.9 Å². The number of methoxy groups -OCH3 is 1. The summed E-state index contributed by atoms with van der Waals surface area (Å²) < 4.78 is 74.5. The third-order valence-electron chi connectivity index (χ3n) is 12.8. The van der Waals surface area contributed by atoms with E-state index in [4.69, 9.17) is 25.6 Å². The number of β-amino-alcohol motifs (C(OH)–C–C–N with tert-alkyl or cyclic N) is 1. The smallest absolute Gasteiger partial charge is 0.319 e. The van der Waals surface area contributed by atoms with Crippen molar-refractivity contribution in [3.63, 3.8) is 0 Å². The van der Waals surface area contributed by atoms with Crippen LogP contribution in [0.5, 0.6) is 17.6 Å². The average molecular weight is 790 g/mol. The predicted molar refractivity (Wildman–Crippen MR) is 206 cm³/mol. The maximum Gasteiger partial charge on any atom is 0.319 e. The lowest BCUT2D eigenvalue weighted by Crippen LogP contribution is -2.66. The molecule has 1 spiro atoms. The first kappa shape index (κ1) is 37.2. The van der Waals surface area contributed by atoms with Crippen LogP contribution in [-0.4, -0.2) is 114 Å². The van der Waals surface area contributed by atoms with Crippen LogP contribution in [0.4, 0.5) is 14.6 Å². The number of fused-ring (bicyclic) bond motifs is 3. The number of anilines is 1. The fourth-order valence-electron chi connectivity index (χ4n) is 10.5. The summed E-state index contributed by atoms with van der Waals surface area (Å²) in [5, 5.41) is 22.6. The third-order valence-corrected chi connectivity index (χ3v) is 14.9. The summed E-state index contributed by atoms with van der Waals surface area (Å²) in [4.78, 5) is 18.5. The Morgan fingerprint density at radius 3 is 2.62 bits per heavy atom. The van der Waals surface area contributed by atoms with Crippen LogP contribution in [0.3, 0.4) is 0 Å². The fraction of sp³-hybridized carbons (Fsp3) is 0.537. The fourth-order valence-corrected chi connectivity index (χ4v) is 12.8. The van der Waals surface area contributed by atoms with Gasteiger partial charge in [-0.2, -0.15) is 9.97 Å². The number of aromatic nitrogens is 3. The molecular weight excluding hydrogens is 745 g/mol. The van der Waals surface area contributed by atoms with Crippen LogP contribution in [0.2, 0.25) is 0 Å². The highest BCUT2D eigenvalue weighted by molar-refractivity contribution is 7.92. The maximum absolute atomic E-state index is 17.3. The number of rotatable bonds is 7. The number of pyridine rings is 1. The topological polar surface area (TPSA) is 147 Å². The Bertz CT molecular complexity index is 2400. The molecule has 5 fully saturated rings. The Morgan fingerprint density at radius 1 is 1.09 bits per heavy atom. The van der Waals surface area contributed by atoms with Crippen molar-refractivity contribution in [2.75, 3.05) is 63.0 Å². The van der Waals surface area contributed by atoms with Crippen LogP contribution in [0, 0.1) is 34.8 Å². The molecule has 2 saturated carbocycles. The largest absolute Gasteiger partial charge is 0.508 e. The van der Waals surface area contributed by atoms with E-state index in [0.717, 1.165) is 51.5 Å². The van der Waals surface area contributed by atoms with E-state index >= 15 is 8.78 Å². The zero-order chi connectivity index (χ0) is 39.2. The lowest BCUT2D eigenvalue weighted by molar-refractivity contribution is -0.0726. The van der Waals surface area contributed by atoms with Crippen LogP contribution < -0.4 is 14.4 Å². The lowest BCUT2D eigenvalue weighted by atomic mass is 9.64. The Labute approximate surface area is 324 Å². The number of phenolic OH excluding ortho intramolecular Hbond substituents is 1. The van der Waals surface area contributed by atoms with Crippen molar-refractivity contribution >= 4 is 37.3 Å². The summed E-state index contributed by atoms with van der Waals surface area (Å²) in [5.41, 5.74) is -2.03. The van der Waals surface area contributed by atoms with Crippen molar-refractivity contribution in [1.29, 1.82) is 0 Å². The van der Waals surface area contributed by atoms with Gasteiger partial charge in [0.1, 0.15) is 39.6 Å². The molecule has 3 atom stereocenters. The number of halogens is 2. The Morgan fingerprint density at radius 2 is 1.88 bits per heavy atom. The molecule has 5 aliphatic rings. The summed E-state index contributed by atoms with van der Waals surface area (Å²) in [5.74, 6) is 1.39. The Balaban J connectivity index is 1.13. The van der Waals surface area contributed by atoms with E-state index in [1.807, 2.05) is 0 Å². The van der Waals surface area contributed by atoms with Crippen LogP contribution in [0.15, 0.2) is 24.3 Å². The van der Waals surface area contributed by atoms with Gasteiger partial charge in [0.2, 0.25) is 5.88 Å². The van der Waals surface area contributed by atoms with Gasteiger partial charge in [0, 0.05) is 40.4 Å². The first-order chi connectivity index (χ1) is 26.7. The molecule has 9 rings (SSSR count). The number of phenols is 1. The zero-order valence-corrected chi connectivity index (χ0v) is 32.3. The van der Waals surface area contributed by atoms with Crippen molar-refractivity contribution in [2.24, 2.45) is 10.8 Å². The van der Waals surface area contributed by atoms with Crippen LogP contribution >= 0.6 is 0 Å². The highest BCUT2D eigenvalue weighted by atomic mass is 32.2. The van der Waals surface area contributed by atoms with Gasteiger partial charge in [-0.05, 0) is 75.6 Å². The van der Waals surface area contributed by atoms with Crippen molar-refractivity contribution in [2.45, 2.75) is 69.6 Å². The maximum atomic E-state index is 17.3. The van der Waals surface area contributed by atoms with Gasteiger partial charge >= 0.3 is 6.01 Å². The number of likely N-dealkylation sites (tertiary alicyclic amines) is 1. The number of piperidine rings is 1. The number of ether oxygens (including phenoxy) is 3. The number of terminal acetylenes is 1. The van der Waals surface area contributed by atoms with Gasteiger partial charge < -0.3 is 29.3 Å². The molecule has 2 aromatic heterocycles. The van der Waals surface area contributed by atoms with E-state index in [1.165, 1.54) is 31.4 Å². The molecule has 2 aliphatic carbocycles. The lowest BCUT2D eigenvalue weighted by Gasteiger charge is -2.60. The van der Waals surface area contributed by atoms with Gasteiger partial charge in [-0.15, -0.1) is 6.42 Å². The third kappa shape index (κ3) is 6.20. The van der Waals surface area contributed by atoms with Crippen LogP contribution in [0.1, 0.15) is 57.4 Å². The second-order valence-electron chi connectivity index (χ2n) is 17.0. The van der Waals surface area contributed by atoms with Crippen molar-refractivity contribution in [3.8, 4) is 41.2 Å². The molecule has 56 heavy (non-hydrogen) atoms. The molecule has 4 aromatic rings. The summed E-state index contributed by atoms with van der Waals surface area (Å²) >= 11 is 0. The van der Waals surface area contributed by atoms with E-state index in [9.17, 15) is 18.6 Å². The summed E-state index contributed by atoms with van der Waals surface area (Å²) in [6, 6.07) is 5.88. The molecule has 12 nitrogen and oxygen atoms in total. The molecule has 0 radical (unpaired) electrons. The zero-order valence-electron chi connectivity index (χ0n) is 31.5. The SMILES string of the molecule is C#Cc1c(F)ccc2cc(O)cc(-c3nc(OC)c4c(N5CCOC[C@@](C)(O)C5)nc(OC[C@]56CCC[C@H]5N(C5CC7(C5)CS(=O)(=O)C7)CCC6)nc4c3F)c12. The van der Waals surface area contributed by atoms with Gasteiger partial charge in [-0.1, -0.05) is 18.4 Å². The minimum Gasteiger partial charge on any atom is -0.508 e. The van der Waals surface area contributed by atoms with Crippen molar-refractivity contribution in [1.82, 2.24) is 19.9 Å². The molecule has 2 N–H and O–H groups in total. The predicted octanol–water partition coefficient (Wildman–Crippen LogP) is 5.00. The van der Waals surface area contributed by atoms with Crippen molar-refractivity contribution in [3.05, 3.63) is 41.5 Å². The molecule has 3 saturated heterocycles. The second-order valence-corrected chi connectivity index (χ2v) is 19.0. The standard InChI is InChI=1S/C41H45F2N5O7S/c1-4-27-29(42)9-8-24-15-26(49)16-28(31(24)27)34-33(43)35-32(37(44-34)53-3)36(47-13-14-54-20-39(2,50)19-47)46-38(45-35)55-21-41-10-5-7-30(41)48(12-6-11-41)25-17-40(18-25)22-56(51,52)23-40/h1,8-9,15-16,25,30,49-50H,5-7,10-14,17-23H2,2-3H3/t30-,39+,41-/m1/s1. The molecule has 0 amide bonds. The monoisotopic (exact) mass is 789 g/mol. The number of nitrogens with zero attached hydrogens (tertiary/aromatic N) is 5. The summed E-state index contributed by atoms with van der Waals surface area (Å²) in [6.45, 7) is 3.66. The van der Waals surface area contributed by atoms with E-state index in [-0.39, 0.29) is 93.2 Å². The van der Waals surface area contributed by atoms with E-state index in [1.54, 1.807) is 11.8 Å². The molecule has 3 aliphatic heterocycles. The van der Waals surface area contributed by atoms with Gasteiger partial charge in [0.15, 0.2) is 15.7 Å². The summed E-state index contributed by atoms with van der Waals surface area (Å²) in [6.07, 6.45) is 12.5. The second kappa shape index (κ2) is 13.4. The molecular formula is C41H45F2N5O7S. The number of hydrogen-bond donors (Lipinski definition) is 2. The Kier molecular flexibility index (Phi) is 8.88. The first-order valence-electron chi connectivity index (χ1n) is 19.2. The molecule has 0 unspecified atom stereocenters. The quantitative estimate of drug-likeness (QED) is 0.243. The molecule has 15 heteroatoms. The number of benzene rings is 2. The number of sulfone groups is 1. The van der Waals surface area contributed by atoms with Gasteiger partial charge in [0.05, 0.1) is 50.5 Å². The van der Waals surface area contributed by atoms with Crippen molar-refractivity contribution < 1.29 is 41.6 Å². The number of aliphatic hydroxyl groups is 1. The van der Waals surface area contributed by atoms with Gasteiger partial charge in [-0.3, -0.25) is 4.90 Å². The normalized spacial score (nSPS) is 27.4. The van der Waals surface area contributed by atoms with E-state index in [0.29, 0.717) is 36.1 Å². The van der Waals surface area contributed by atoms with Gasteiger partial charge in [-0.25, -0.2) is 22.2 Å². The van der Waals surface area contributed by atoms with Crippen LogP contribution in [-0.2, 0) is 14.6 Å². The Hall–Kier alpha value is -4.36.